The molecule has 146 valence electrons. The first-order valence-corrected chi connectivity index (χ1v) is 9.83. The molecule has 2 N–H and O–H groups in total. The van der Waals surface area contributed by atoms with Crippen LogP contribution in [0.5, 0.6) is 0 Å². The highest BCUT2D eigenvalue weighted by atomic mass is 127. The summed E-state index contributed by atoms with van der Waals surface area (Å²) in [6.45, 7) is 4.92. The van der Waals surface area contributed by atoms with Crippen LogP contribution in [0.2, 0.25) is 0 Å². The number of rotatable bonds is 4. The molecular formula is C20H27BrIN5. The van der Waals surface area contributed by atoms with Crippen LogP contribution in [0, 0.1) is 6.92 Å². The summed E-state index contributed by atoms with van der Waals surface area (Å²) in [5, 5.41) is 7.00. The van der Waals surface area contributed by atoms with Crippen LogP contribution in [0.4, 0.5) is 5.82 Å². The smallest absolute Gasteiger partial charge is 0.191 e. The lowest BCUT2D eigenvalue weighted by molar-refractivity contribution is 0.459. The fraction of sp³-hybridized carbons (Fsp3) is 0.400. The number of halogens is 2. The van der Waals surface area contributed by atoms with Gasteiger partial charge in [0.05, 0.1) is 0 Å². The molecule has 0 aliphatic carbocycles. The molecule has 3 rings (SSSR count). The number of nitrogens with zero attached hydrogens (tertiary/aromatic N) is 3. The summed E-state index contributed by atoms with van der Waals surface area (Å²) in [7, 11) is 1.83. The standard InChI is InChI=1S/C20H26BrN5.HI/c1-15-13-17(21)7-6-16(15)14-24-20(22-2)25-18-8-11-26(12-9-18)19-5-3-4-10-23-19;/h3-7,10,13,18H,8-9,11-12,14H2,1-2H3,(H2,22,24,25);1H. The number of hydrogen-bond donors (Lipinski definition) is 2. The molecule has 2 heterocycles. The average Bonchev–Trinajstić information content (AvgIpc) is 2.67. The third-order valence-corrected chi connectivity index (χ3v) is 5.28. The first-order chi connectivity index (χ1) is 12.7. The normalized spacial score (nSPS) is 15.2. The molecule has 27 heavy (non-hydrogen) atoms. The number of pyridine rings is 1. The van der Waals surface area contributed by atoms with Gasteiger partial charge in [0.1, 0.15) is 5.82 Å². The zero-order valence-corrected chi connectivity index (χ0v) is 19.7. The Bertz CT molecular complexity index is 745. The van der Waals surface area contributed by atoms with E-state index in [4.69, 9.17) is 0 Å². The molecule has 1 aliphatic rings. The van der Waals surface area contributed by atoms with Crippen LogP contribution in [0.3, 0.4) is 0 Å². The van der Waals surface area contributed by atoms with E-state index in [1.807, 2.05) is 25.4 Å². The summed E-state index contributed by atoms with van der Waals surface area (Å²) in [6.07, 6.45) is 4.01. The fourth-order valence-electron chi connectivity index (χ4n) is 3.22. The Morgan fingerprint density at radius 2 is 2.04 bits per heavy atom. The summed E-state index contributed by atoms with van der Waals surface area (Å²) in [6, 6.07) is 12.9. The summed E-state index contributed by atoms with van der Waals surface area (Å²) in [5.74, 6) is 1.93. The van der Waals surface area contributed by atoms with Crippen molar-refractivity contribution in [3.8, 4) is 0 Å². The van der Waals surface area contributed by atoms with E-state index in [-0.39, 0.29) is 24.0 Å². The second kappa shape index (κ2) is 10.8. The Hall–Kier alpha value is -1.35. The van der Waals surface area contributed by atoms with Gasteiger partial charge in [-0.1, -0.05) is 28.1 Å². The number of aryl methyl sites for hydroxylation is 1. The second-order valence-corrected chi connectivity index (χ2v) is 7.51. The van der Waals surface area contributed by atoms with Gasteiger partial charge in [0.15, 0.2) is 5.96 Å². The van der Waals surface area contributed by atoms with Gasteiger partial charge in [-0.25, -0.2) is 4.98 Å². The average molecular weight is 544 g/mol. The number of aromatic nitrogens is 1. The van der Waals surface area contributed by atoms with Crippen molar-refractivity contribution in [3.05, 3.63) is 58.2 Å². The number of aliphatic imine (C=N–C) groups is 1. The van der Waals surface area contributed by atoms with Crippen LogP contribution in [-0.2, 0) is 6.54 Å². The van der Waals surface area contributed by atoms with Gasteiger partial charge < -0.3 is 15.5 Å². The number of nitrogens with one attached hydrogen (secondary N) is 2. The Morgan fingerprint density at radius 1 is 1.26 bits per heavy atom. The third-order valence-electron chi connectivity index (χ3n) is 4.78. The predicted octanol–water partition coefficient (Wildman–Crippen LogP) is 4.10. The topological polar surface area (TPSA) is 52.6 Å². The van der Waals surface area contributed by atoms with E-state index in [0.29, 0.717) is 6.04 Å². The summed E-state index contributed by atoms with van der Waals surface area (Å²) < 4.78 is 1.11. The lowest BCUT2D eigenvalue weighted by Gasteiger charge is -2.33. The first-order valence-electron chi connectivity index (χ1n) is 9.04. The highest BCUT2D eigenvalue weighted by Gasteiger charge is 2.20. The molecule has 0 spiro atoms. The molecule has 0 radical (unpaired) electrons. The van der Waals surface area contributed by atoms with Crippen LogP contribution >= 0.6 is 39.9 Å². The molecule has 1 aromatic carbocycles. The maximum absolute atomic E-state index is 4.45. The minimum atomic E-state index is 0. The van der Waals surface area contributed by atoms with E-state index >= 15 is 0 Å². The van der Waals surface area contributed by atoms with Gasteiger partial charge in [0.25, 0.3) is 0 Å². The van der Waals surface area contributed by atoms with Gasteiger partial charge in [-0.2, -0.15) is 0 Å². The molecule has 1 saturated heterocycles. The van der Waals surface area contributed by atoms with Gasteiger partial charge >= 0.3 is 0 Å². The zero-order chi connectivity index (χ0) is 18.4. The molecule has 0 atom stereocenters. The minimum Gasteiger partial charge on any atom is -0.356 e. The summed E-state index contributed by atoms with van der Waals surface area (Å²) in [5.41, 5.74) is 2.55. The Morgan fingerprint density at radius 3 is 2.67 bits per heavy atom. The SMILES string of the molecule is CN=C(NCc1ccc(Br)cc1C)NC1CCN(c2ccccn2)CC1.I. The summed E-state index contributed by atoms with van der Waals surface area (Å²) >= 11 is 3.51. The van der Waals surface area contributed by atoms with Crippen molar-refractivity contribution in [1.29, 1.82) is 0 Å². The maximum Gasteiger partial charge on any atom is 0.191 e. The van der Waals surface area contributed by atoms with E-state index in [9.17, 15) is 0 Å². The minimum absolute atomic E-state index is 0. The zero-order valence-electron chi connectivity index (χ0n) is 15.8. The first kappa shape index (κ1) is 21.9. The van der Waals surface area contributed by atoms with Crippen LogP contribution in [0.25, 0.3) is 0 Å². The largest absolute Gasteiger partial charge is 0.356 e. The van der Waals surface area contributed by atoms with E-state index < -0.39 is 0 Å². The van der Waals surface area contributed by atoms with E-state index in [2.05, 4.69) is 72.6 Å². The molecular weight excluding hydrogens is 517 g/mol. The third kappa shape index (κ3) is 6.34. The number of benzene rings is 1. The summed E-state index contributed by atoms with van der Waals surface area (Å²) in [4.78, 5) is 11.2. The molecule has 1 aromatic heterocycles. The quantitative estimate of drug-likeness (QED) is 0.346. The number of hydrogen-bond acceptors (Lipinski definition) is 3. The van der Waals surface area contributed by atoms with Crippen molar-refractivity contribution in [1.82, 2.24) is 15.6 Å². The Labute approximate surface area is 187 Å². The van der Waals surface area contributed by atoms with Crippen LogP contribution in [0.15, 0.2) is 52.1 Å². The number of anilines is 1. The van der Waals surface area contributed by atoms with Gasteiger partial charge in [0.2, 0.25) is 0 Å². The van der Waals surface area contributed by atoms with Gasteiger partial charge in [-0.3, -0.25) is 4.99 Å². The highest BCUT2D eigenvalue weighted by molar-refractivity contribution is 14.0. The van der Waals surface area contributed by atoms with Crippen molar-refractivity contribution < 1.29 is 0 Å². The molecule has 2 aromatic rings. The molecule has 1 fully saturated rings. The Balaban J connectivity index is 0.00000261. The molecule has 1 aliphatic heterocycles. The molecule has 5 nitrogen and oxygen atoms in total. The monoisotopic (exact) mass is 543 g/mol. The van der Waals surface area contributed by atoms with Gasteiger partial charge in [-0.15, -0.1) is 24.0 Å². The molecule has 0 bridgehead atoms. The molecule has 0 unspecified atom stereocenters. The predicted molar refractivity (Wildman–Crippen MR) is 127 cm³/mol. The second-order valence-electron chi connectivity index (χ2n) is 6.59. The lowest BCUT2D eigenvalue weighted by Crippen LogP contribution is -2.48. The van der Waals surface area contributed by atoms with Crippen LogP contribution < -0.4 is 15.5 Å². The number of piperidine rings is 1. The van der Waals surface area contributed by atoms with Crippen LogP contribution in [-0.4, -0.2) is 37.1 Å². The molecule has 0 amide bonds. The fourth-order valence-corrected chi connectivity index (χ4v) is 3.69. The Kier molecular flexibility index (Phi) is 8.82. The van der Waals surface area contributed by atoms with Crippen LogP contribution in [0.1, 0.15) is 24.0 Å². The van der Waals surface area contributed by atoms with Gasteiger partial charge in [-0.05, 0) is 55.2 Å². The van der Waals surface area contributed by atoms with E-state index in [1.54, 1.807) is 0 Å². The highest BCUT2D eigenvalue weighted by Crippen LogP contribution is 2.18. The maximum atomic E-state index is 4.45. The molecule has 7 heteroatoms. The van der Waals surface area contributed by atoms with Crippen molar-refractivity contribution in [3.63, 3.8) is 0 Å². The van der Waals surface area contributed by atoms with E-state index in [0.717, 1.165) is 48.7 Å². The van der Waals surface area contributed by atoms with Crippen molar-refractivity contribution in [2.24, 2.45) is 4.99 Å². The van der Waals surface area contributed by atoms with Gasteiger partial charge in [0, 0.05) is 43.4 Å². The van der Waals surface area contributed by atoms with Crippen molar-refractivity contribution in [2.45, 2.75) is 32.4 Å². The molecule has 0 saturated carbocycles. The number of guanidine groups is 1. The van der Waals surface area contributed by atoms with Crippen molar-refractivity contribution in [2.75, 3.05) is 25.0 Å². The lowest BCUT2D eigenvalue weighted by atomic mass is 10.1. The van der Waals surface area contributed by atoms with Crippen molar-refractivity contribution >= 4 is 51.7 Å². The van der Waals surface area contributed by atoms with E-state index in [1.165, 1.54) is 11.1 Å².